The highest BCUT2D eigenvalue weighted by molar-refractivity contribution is 9.10. The summed E-state index contributed by atoms with van der Waals surface area (Å²) < 4.78 is 1.15. The maximum atomic E-state index is 6.55. The molecule has 1 nitrogen and oxygen atoms in total. The Morgan fingerprint density at radius 3 is 2.25 bits per heavy atom. The summed E-state index contributed by atoms with van der Waals surface area (Å²) in [5.41, 5.74) is 8.07. The second kappa shape index (κ2) is 3.85. The number of halogens is 1. The van der Waals surface area contributed by atoms with Gasteiger partial charge in [-0.05, 0) is 48.8 Å². The molecule has 2 aliphatic carbocycles. The van der Waals surface area contributed by atoms with Gasteiger partial charge in [-0.1, -0.05) is 40.9 Å². The lowest BCUT2D eigenvalue weighted by atomic mass is 10.0. The average Bonchev–Trinajstić information content (AvgIpc) is 2.89. The summed E-state index contributed by atoms with van der Waals surface area (Å²) in [7, 11) is 0. The highest BCUT2D eigenvalue weighted by Gasteiger charge is 2.61. The van der Waals surface area contributed by atoms with Crippen molar-refractivity contribution in [1.82, 2.24) is 0 Å². The Balaban J connectivity index is 1.73. The third-order valence-corrected chi connectivity index (χ3v) is 4.99. The first-order chi connectivity index (χ1) is 7.70. The Morgan fingerprint density at radius 1 is 1.12 bits per heavy atom. The van der Waals surface area contributed by atoms with E-state index in [2.05, 4.69) is 40.2 Å². The number of rotatable bonds is 2. The zero-order chi connectivity index (χ0) is 11.2. The molecule has 0 saturated heterocycles. The van der Waals surface area contributed by atoms with Crippen LogP contribution in [0.3, 0.4) is 0 Å². The van der Waals surface area contributed by atoms with Crippen molar-refractivity contribution in [2.75, 3.05) is 0 Å². The third-order valence-electron chi connectivity index (χ3n) is 4.46. The molecule has 0 bridgehead atoms. The molecule has 2 heteroatoms. The van der Waals surface area contributed by atoms with Crippen LogP contribution in [0.2, 0.25) is 0 Å². The molecule has 0 aliphatic heterocycles. The maximum absolute atomic E-state index is 6.55. The number of hydrogen-bond acceptors (Lipinski definition) is 1. The lowest BCUT2D eigenvalue weighted by Gasteiger charge is -2.11. The Bertz CT molecular complexity index is 372. The van der Waals surface area contributed by atoms with Gasteiger partial charge in [0.05, 0.1) is 0 Å². The molecule has 86 valence electrons. The van der Waals surface area contributed by atoms with Crippen LogP contribution in [0.25, 0.3) is 0 Å². The molecule has 3 rings (SSSR count). The van der Waals surface area contributed by atoms with Gasteiger partial charge in [0.2, 0.25) is 0 Å². The Kier molecular flexibility index (Phi) is 2.60. The molecule has 1 aromatic carbocycles. The predicted molar refractivity (Wildman–Crippen MR) is 70.2 cm³/mol. The van der Waals surface area contributed by atoms with Crippen molar-refractivity contribution in [3.8, 4) is 0 Å². The van der Waals surface area contributed by atoms with E-state index < -0.39 is 0 Å². The fourth-order valence-corrected chi connectivity index (χ4v) is 3.78. The van der Waals surface area contributed by atoms with Crippen molar-refractivity contribution in [1.29, 1.82) is 0 Å². The maximum Gasteiger partial charge on any atom is 0.0259 e. The van der Waals surface area contributed by atoms with Crippen LogP contribution in [0.5, 0.6) is 0 Å². The van der Waals surface area contributed by atoms with E-state index in [-0.39, 0.29) is 5.54 Å². The SMILES string of the molecule is NC1(Cc2ccc(Br)cc2)C2CCCCC21. The fourth-order valence-electron chi connectivity index (χ4n) is 3.52. The van der Waals surface area contributed by atoms with Crippen molar-refractivity contribution in [3.05, 3.63) is 34.3 Å². The summed E-state index contributed by atoms with van der Waals surface area (Å²) in [6.07, 6.45) is 6.56. The Morgan fingerprint density at radius 2 is 1.69 bits per heavy atom. The summed E-state index contributed by atoms with van der Waals surface area (Å²) in [6, 6.07) is 8.63. The summed E-state index contributed by atoms with van der Waals surface area (Å²) >= 11 is 3.47. The van der Waals surface area contributed by atoms with Crippen molar-refractivity contribution in [2.24, 2.45) is 17.6 Å². The molecule has 16 heavy (non-hydrogen) atoms. The minimum atomic E-state index is 0.129. The zero-order valence-corrected chi connectivity index (χ0v) is 11.0. The van der Waals surface area contributed by atoms with Gasteiger partial charge in [-0.3, -0.25) is 0 Å². The van der Waals surface area contributed by atoms with Gasteiger partial charge in [0.25, 0.3) is 0 Å². The molecule has 0 heterocycles. The molecule has 2 fully saturated rings. The van der Waals surface area contributed by atoms with E-state index in [4.69, 9.17) is 5.73 Å². The van der Waals surface area contributed by atoms with E-state index >= 15 is 0 Å². The van der Waals surface area contributed by atoms with Crippen molar-refractivity contribution >= 4 is 15.9 Å². The third kappa shape index (κ3) is 1.72. The van der Waals surface area contributed by atoms with Gasteiger partial charge < -0.3 is 5.73 Å². The van der Waals surface area contributed by atoms with E-state index in [9.17, 15) is 0 Å². The molecule has 2 saturated carbocycles. The molecule has 2 aliphatic rings. The van der Waals surface area contributed by atoms with Crippen LogP contribution in [0.4, 0.5) is 0 Å². The largest absolute Gasteiger partial charge is 0.324 e. The van der Waals surface area contributed by atoms with E-state index in [1.165, 1.54) is 31.2 Å². The molecule has 2 unspecified atom stereocenters. The lowest BCUT2D eigenvalue weighted by molar-refractivity contribution is 0.480. The second-order valence-electron chi connectivity index (χ2n) is 5.41. The van der Waals surface area contributed by atoms with E-state index in [1.54, 1.807) is 0 Å². The normalized spacial score (nSPS) is 36.9. The van der Waals surface area contributed by atoms with Gasteiger partial charge in [0.1, 0.15) is 0 Å². The fraction of sp³-hybridized carbons (Fsp3) is 0.571. The van der Waals surface area contributed by atoms with Crippen LogP contribution < -0.4 is 5.73 Å². The minimum absolute atomic E-state index is 0.129. The summed E-state index contributed by atoms with van der Waals surface area (Å²) in [6.45, 7) is 0. The van der Waals surface area contributed by atoms with Gasteiger partial charge >= 0.3 is 0 Å². The highest BCUT2D eigenvalue weighted by atomic mass is 79.9. The first-order valence-corrected chi connectivity index (χ1v) is 7.03. The van der Waals surface area contributed by atoms with Gasteiger partial charge in [-0.15, -0.1) is 0 Å². The molecule has 0 radical (unpaired) electrons. The first-order valence-electron chi connectivity index (χ1n) is 6.23. The molecule has 2 N–H and O–H groups in total. The van der Waals surface area contributed by atoms with Crippen LogP contribution in [0, 0.1) is 11.8 Å². The van der Waals surface area contributed by atoms with Gasteiger partial charge in [-0.25, -0.2) is 0 Å². The van der Waals surface area contributed by atoms with E-state index in [0.29, 0.717) is 0 Å². The van der Waals surface area contributed by atoms with Crippen LogP contribution >= 0.6 is 15.9 Å². The molecule has 2 atom stereocenters. The van der Waals surface area contributed by atoms with Crippen molar-refractivity contribution in [2.45, 2.75) is 37.6 Å². The smallest absolute Gasteiger partial charge is 0.0259 e. The van der Waals surface area contributed by atoms with Crippen molar-refractivity contribution < 1.29 is 0 Å². The zero-order valence-electron chi connectivity index (χ0n) is 9.45. The molecule has 0 spiro atoms. The van der Waals surface area contributed by atoms with Crippen molar-refractivity contribution in [3.63, 3.8) is 0 Å². The average molecular weight is 280 g/mol. The van der Waals surface area contributed by atoms with E-state index in [0.717, 1.165) is 22.7 Å². The first kappa shape index (κ1) is 10.8. The Hall–Kier alpha value is -0.340. The minimum Gasteiger partial charge on any atom is -0.324 e. The summed E-state index contributed by atoms with van der Waals surface area (Å²) in [5.74, 6) is 1.62. The number of fused-ring (bicyclic) bond motifs is 1. The molecular weight excluding hydrogens is 262 g/mol. The molecule has 0 amide bonds. The molecule has 0 aromatic heterocycles. The number of nitrogens with two attached hydrogens (primary N) is 1. The monoisotopic (exact) mass is 279 g/mol. The quantitative estimate of drug-likeness (QED) is 0.881. The van der Waals surface area contributed by atoms with Gasteiger partial charge in [-0.2, -0.15) is 0 Å². The predicted octanol–water partition coefficient (Wildman–Crippen LogP) is 3.51. The van der Waals surface area contributed by atoms with Crippen LogP contribution in [0.1, 0.15) is 31.2 Å². The van der Waals surface area contributed by atoms with Gasteiger partial charge in [0.15, 0.2) is 0 Å². The van der Waals surface area contributed by atoms with E-state index in [1.807, 2.05) is 0 Å². The van der Waals surface area contributed by atoms with Gasteiger partial charge in [0, 0.05) is 10.0 Å². The second-order valence-corrected chi connectivity index (χ2v) is 6.33. The topological polar surface area (TPSA) is 26.0 Å². The lowest BCUT2D eigenvalue weighted by Crippen LogP contribution is -2.29. The Labute approximate surface area is 106 Å². The summed E-state index contributed by atoms with van der Waals surface area (Å²) in [5, 5.41) is 0. The standard InChI is InChI=1S/C14H18BrN/c15-11-7-5-10(6-8-11)9-14(16)12-3-1-2-4-13(12)14/h5-8,12-13H,1-4,9,16H2. The van der Waals surface area contributed by atoms with Crippen LogP contribution in [-0.2, 0) is 6.42 Å². The number of benzene rings is 1. The highest BCUT2D eigenvalue weighted by Crippen LogP contribution is 2.58. The molecular formula is C14H18BrN. The van der Waals surface area contributed by atoms with Crippen LogP contribution in [-0.4, -0.2) is 5.54 Å². The molecule has 1 aromatic rings. The van der Waals surface area contributed by atoms with Crippen LogP contribution in [0.15, 0.2) is 28.7 Å². The summed E-state index contributed by atoms with van der Waals surface area (Å²) in [4.78, 5) is 0. The number of hydrogen-bond donors (Lipinski definition) is 1.